The number of aromatic nitrogens is 2. The molecule has 0 spiro atoms. The van der Waals surface area contributed by atoms with Crippen LogP contribution < -0.4 is 5.46 Å². The first-order valence-electron chi connectivity index (χ1n) is 8.95. The van der Waals surface area contributed by atoms with E-state index >= 15 is 0 Å². The van der Waals surface area contributed by atoms with Crippen molar-refractivity contribution in [1.82, 2.24) is 14.9 Å². The van der Waals surface area contributed by atoms with Gasteiger partial charge < -0.3 is 9.72 Å². The fraction of sp³-hybridized carbons (Fsp3) is 0.474. The third-order valence-corrected chi connectivity index (χ3v) is 4.98. The summed E-state index contributed by atoms with van der Waals surface area (Å²) in [6.45, 7) is 5.72. The summed E-state index contributed by atoms with van der Waals surface area (Å²) in [5, 5.41) is 0. The van der Waals surface area contributed by atoms with Gasteiger partial charge in [0.25, 0.3) is 0 Å². The Labute approximate surface area is 149 Å². The standard InChI is InChI=1S/C19H24BN3O2/c1-19(2,3)25-18(24)23-15-8-12(15)9-16(23)17-21-10-14(22-17)11-4-6-13(20)7-5-11/h4-7,10,12,15-16H,8-9,20H2,1-3H3,(H,21,22)/t12-,15-,16+/m1/s1. The van der Waals surface area contributed by atoms with E-state index in [2.05, 4.69) is 42.1 Å². The van der Waals surface area contributed by atoms with E-state index in [-0.39, 0.29) is 12.1 Å². The van der Waals surface area contributed by atoms with E-state index in [9.17, 15) is 4.79 Å². The van der Waals surface area contributed by atoms with Crippen LogP contribution >= 0.6 is 0 Å². The van der Waals surface area contributed by atoms with E-state index in [0.29, 0.717) is 12.0 Å². The molecule has 130 valence electrons. The number of aromatic amines is 1. The fourth-order valence-electron chi connectivity index (χ4n) is 3.66. The van der Waals surface area contributed by atoms with Gasteiger partial charge >= 0.3 is 6.09 Å². The molecule has 2 fully saturated rings. The summed E-state index contributed by atoms with van der Waals surface area (Å²) in [5.41, 5.74) is 2.84. The Morgan fingerprint density at radius 2 is 2.00 bits per heavy atom. The number of likely N-dealkylation sites (tertiary alicyclic amines) is 1. The van der Waals surface area contributed by atoms with Crippen molar-refractivity contribution in [2.45, 2.75) is 51.3 Å². The molecule has 25 heavy (non-hydrogen) atoms. The van der Waals surface area contributed by atoms with Crippen molar-refractivity contribution >= 4 is 19.4 Å². The number of rotatable bonds is 2. The van der Waals surface area contributed by atoms with Crippen molar-refractivity contribution in [2.75, 3.05) is 0 Å². The van der Waals surface area contributed by atoms with Gasteiger partial charge in [0.2, 0.25) is 0 Å². The molecule has 1 saturated heterocycles. The zero-order valence-corrected chi connectivity index (χ0v) is 15.2. The first-order chi connectivity index (χ1) is 11.8. The lowest BCUT2D eigenvalue weighted by atomic mass is 9.95. The summed E-state index contributed by atoms with van der Waals surface area (Å²) in [6.07, 6.45) is 3.68. The van der Waals surface area contributed by atoms with Crippen molar-refractivity contribution in [1.29, 1.82) is 0 Å². The minimum atomic E-state index is -0.481. The van der Waals surface area contributed by atoms with Crippen LogP contribution in [0.25, 0.3) is 11.3 Å². The molecular formula is C19H24BN3O2. The van der Waals surface area contributed by atoms with Gasteiger partial charge in [-0.3, -0.25) is 4.90 Å². The molecule has 2 aliphatic rings. The Hall–Kier alpha value is -2.24. The van der Waals surface area contributed by atoms with Gasteiger partial charge in [-0.05, 0) is 45.1 Å². The van der Waals surface area contributed by atoms with E-state index < -0.39 is 5.60 Å². The number of carbonyl (C=O) groups is 1. The van der Waals surface area contributed by atoms with Crippen molar-refractivity contribution in [2.24, 2.45) is 5.92 Å². The Kier molecular flexibility index (Phi) is 3.67. The molecule has 5 nitrogen and oxygen atoms in total. The highest BCUT2D eigenvalue weighted by atomic mass is 16.6. The van der Waals surface area contributed by atoms with Gasteiger partial charge in [0.1, 0.15) is 19.3 Å². The number of hydrogen-bond acceptors (Lipinski definition) is 3. The highest BCUT2D eigenvalue weighted by Gasteiger charge is 2.56. The Morgan fingerprint density at radius 3 is 2.68 bits per heavy atom. The number of nitrogens with one attached hydrogen (secondary N) is 1. The molecule has 1 aliphatic heterocycles. The number of imidazole rings is 1. The number of benzene rings is 1. The average Bonchev–Trinajstić information content (AvgIpc) is 2.97. The highest BCUT2D eigenvalue weighted by Crippen LogP contribution is 2.53. The average molecular weight is 337 g/mol. The van der Waals surface area contributed by atoms with E-state index in [1.54, 1.807) is 0 Å². The number of carbonyl (C=O) groups excluding carboxylic acids is 1. The van der Waals surface area contributed by atoms with Crippen LogP contribution in [-0.2, 0) is 4.74 Å². The maximum Gasteiger partial charge on any atom is 0.411 e. The molecule has 4 rings (SSSR count). The quantitative estimate of drug-likeness (QED) is 0.856. The SMILES string of the molecule is Bc1ccc(-c2cnc([C@@H]3C[C@H]4C[C@H]4N3C(=O)OC(C)(C)C)[nH]2)cc1. The topological polar surface area (TPSA) is 58.2 Å². The zero-order chi connectivity index (χ0) is 17.8. The molecule has 1 N–H and O–H groups in total. The molecule has 1 aromatic heterocycles. The second-order valence-corrected chi connectivity index (χ2v) is 8.25. The normalized spacial score (nSPS) is 24.9. The number of nitrogens with zero attached hydrogens (tertiary/aromatic N) is 2. The van der Waals surface area contributed by atoms with E-state index in [0.717, 1.165) is 29.9 Å². The molecule has 1 amide bonds. The minimum absolute atomic E-state index is 0.0159. The fourth-order valence-corrected chi connectivity index (χ4v) is 3.66. The lowest BCUT2D eigenvalue weighted by molar-refractivity contribution is 0.0175. The molecule has 0 radical (unpaired) electrons. The van der Waals surface area contributed by atoms with Crippen molar-refractivity contribution < 1.29 is 9.53 Å². The minimum Gasteiger partial charge on any atom is -0.444 e. The molecule has 1 aliphatic carbocycles. The Morgan fingerprint density at radius 1 is 1.28 bits per heavy atom. The number of ether oxygens (including phenoxy) is 1. The second-order valence-electron chi connectivity index (χ2n) is 8.25. The summed E-state index contributed by atoms with van der Waals surface area (Å²) in [7, 11) is 2.08. The van der Waals surface area contributed by atoms with Gasteiger partial charge in [-0.15, -0.1) is 0 Å². The first kappa shape index (κ1) is 16.2. The predicted molar refractivity (Wildman–Crippen MR) is 99.5 cm³/mol. The molecule has 1 saturated carbocycles. The zero-order valence-electron chi connectivity index (χ0n) is 15.2. The smallest absolute Gasteiger partial charge is 0.411 e. The summed E-state index contributed by atoms with van der Waals surface area (Å²) < 4.78 is 5.62. The number of H-pyrrole nitrogens is 1. The third kappa shape index (κ3) is 3.17. The summed E-state index contributed by atoms with van der Waals surface area (Å²) in [5.74, 6) is 1.44. The van der Waals surface area contributed by atoms with Gasteiger partial charge in [0.05, 0.1) is 17.9 Å². The molecule has 2 aromatic rings. The molecule has 0 unspecified atom stereocenters. The van der Waals surface area contributed by atoms with E-state index in [1.165, 1.54) is 5.46 Å². The summed E-state index contributed by atoms with van der Waals surface area (Å²) in [6, 6.07) is 8.65. The van der Waals surface area contributed by atoms with Crippen LogP contribution in [0.1, 0.15) is 45.5 Å². The van der Waals surface area contributed by atoms with Crippen LogP contribution in [0.5, 0.6) is 0 Å². The van der Waals surface area contributed by atoms with Gasteiger partial charge in [-0.2, -0.15) is 0 Å². The van der Waals surface area contributed by atoms with Crippen LogP contribution in [0.2, 0.25) is 0 Å². The summed E-state index contributed by atoms with van der Waals surface area (Å²) in [4.78, 5) is 22.5. The Balaban J connectivity index is 1.57. The Bertz CT molecular complexity index is 794. The largest absolute Gasteiger partial charge is 0.444 e. The number of amides is 1. The van der Waals surface area contributed by atoms with Crippen LogP contribution in [0.3, 0.4) is 0 Å². The van der Waals surface area contributed by atoms with Crippen LogP contribution in [0.4, 0.5) is 4.79 Å². The molecule has 1 aromatic carbocycles. The van der Waals surface area contributed by atoms with Crippen LogP contribution in [-0.4, -0.2) is 40.5 Å². The molecule has 0 bridgehead atoms. The predicted octanol–water partition coefficient (Wildman–Crippen LogP) is 2.41. The lowest BCUT2D eigenvalue weighted by Gasteiger charge is -2.29. The van der Waals surface area contributed by atoms with Gasteiger partial charge in [0, 0.05) is 6.04 Å². The molecule has 3 atom stereocenters. The van der Waals surface area contributed by atoms with Crippen molar-refractivity contribution in [3.63, 3.8) is 0 Å². The third-order valence-electron chi connectivity index (χ3n) is 4.98. The second kappa shape index (κ2) is 5.65. The van der Waals surface area contributed by atoms with E-state index in [4.69, 9.17) is 4.74 Å². The van der Waals surface area contributed by atoms with Crippen LogP contribution in [0, 0.1) is 5.92 Å². The maximum atomic E-state index is 12.7. The lowest BCUT2D eigenvalue weighted by Crippen LogP contribution is -2.38. The maximum absolute atomic E-state index is 12.7. The van der Waals surface area contributed by atoms with Crippen LogP contribution in [0.15, 0.2) is 30.5 Å². The van der Waals surface area contributed by atoms with Gasteiger partial charge in [-0.1, -0.05) is 29.7 Å². The van der Waals surface area contributed by atoms with Crippen molar-refractivity contribution in [3.8, 4) is 11.3 Å². The monoisotopic (exact) mass is 337 g/mol. The summed E-state index contributed by atoms with van der Waals surface area (Å²) >= 11 is 0. The first-order valence-corrected chi connectivity index (χ1v) is 8.95. The molecular weight excluding hydrogens is 313 g/mol. The van der Waals surface area contributed by atoms with E-state index in [1.807, 2.05) is 31.9 Å². The number of fused-ring (bicyclic) bond motifs is 1. The molecule has 2 heterocycles. The molecule has 6 heteroatoms. The highest BCUT2D eigenvalue weighted by molar-refractivity contribution is 6.32. The van der Waals surface area contributed by atoms with Gasteiger partial charge in [0.15, 0.2) is 0 Å². The number of hydrogen-bond donors (Lipinski definition) is 1. The number of piperidine rings is 1. The van der Waals surface area contributed by atoms with Gasteiger partial charge in [-0.25, -0.2) is 9.78 Å². The van der Waals surface area contributed by atoms with Crippen molar-refractivity contribution in [3.05, 3.63) is 36.3 Å².